The Morgan fingerprint density at radius 3 is 2.35 bits per heavy atom. The first kappa shape index (κ1) is 16.2. The van der Waals surface area contributed by atoms with E-state index in [0.29, 0.717) is 0 Å². The number of aliphatic hydroxyl groups is 1. The first-order valence-electron chi connectivity index (χ1n) is 8.47. The zero-order valence-corrected chi connectivity index (χ0v) is 13.2. The topological polar surface area (TPSA) is 52.7 Å². The van der Waals surface area contributed by atoms with Gasteiger partial charge in [-0.05, 0) is 39.2 Å². The van der Waals surface area contributed by atoms with Crippen LogP contribution in [-0.2, 0) is 0 Å². The van der Waals surface area contributed by atoms with Crippen LogP contribution in [0.3, 0.4) is 0 Å². The molecule has 4 heteroatoms. The number of rotatable bonds is 7. The van der Waals surface area contributed by atoms with Crippen LogP contribution in [0.5, 0.6) is 0 Å². The molecular formula is C16H33N3O. The van der Waals surface area contributed by atoms with E-state index in [1.807, 2.05) is 6.92 Å². The summed E-state index contributed by atoms with van der Waals surface area (Å²) < 4.78 is 0. The van der Waals surface area contributed by atoms with E-state index in [1.165, 1.54) is 64.8 Å². The van der Waals surface area contributed by atoms with Crippen molar-refractivity contribution in [3.63, 3.8) is 0 Å². The summed E-state index contributed by atoms with van der Waals surface area (Å²) in [6.07, 6.45) is 8.98. The lowest BCUT2D eigenvalue weighted by atomic mass is 9.97. The van der Waals surface area contributed by atoms with Crippen molar-refractivity contribution in [1.82, 2.24) is 9.80 Å². The molecule has 1 saturated carbocycles. The molecule has 0 aromatic rings. The molecule has 20 heavy (non-hydrogen) atoms. The van der Waals surface area contributed by atoms with Gasteiger partial charge >= 0.3 is 0 Å². The van der Waals surface area contributed by atoms with Crippen molar-refractivity contribution in [2.45, 2.75) is 63.5 Å². The van der Waals surface area contributed by atoms with E-state index in [0.717, 1.165) is 18.9 Å². The van der Waals surface area contributed by atoms with Crippen molar-refractivity contribution in [2.24, 2.45) is 5.73 Å². The van der Waals surface area contributed by atoms with Gasteiger partial charge < -0.3 is 15.7 Å². The van der Waals surface area contributed by atoms with E-state index in [9.17, 15) is 0 Å². The molecule has 0 amide bonds. The molecule has 1 unspecified atom stereocenters. The van der Waals surface area contributed by atoms with E-state index in [-0.39, 0.29) is 12.1 Å². The molecule has 0 aromatic carbocycles. The summed E-state index contributed by atoms with van der Waals surface area (Å²) >= 11 is 0. The number of aliphatic hydroxyl groups excluding tert-OH is 1. The van der Waals surface area contributed by atoms with Crippen LogP contribution in [0.4, 0.5) is 0 Å². The van der Waals surface area contributed by atoms with E-state index >= 15 is 0 Å². The molecule has 3 N–H and O–H groups in total. The van der Waals surface area contributed by atoms with E-state index < -0.39 is 0 Å². The SMILES string of the molecule is CC(N)(CO)CCCCN1CCN(C2CCCC2)CC1. The number of hydrogen-bond acceptors (Lipinski definition) is 4. The average molecular weight is 283 g/mol. The minimum Gasteiger partial charge on any atom is -0.394 e. The van der Waals surface area contributed by atoms with Gasteiger partial charge in [-0.1, -0.05) is 19.3 Å². The summed E-state index contributed by atoms with van der Waals surface area (Å²) in [6, 6.07) is 0.889. The van der Waals surface area contributed by atoms with Gasteiger partial charge in [0.25, 0.3) is 0 Å². The molecule has 4 nitrogen and oxygen atoms in total. The zero-order valence-electron chi connectivity index (χ0n) is 13.2. The van der Waals surface area contributed by atoms with Crippen molar-refractivity contribution < 1.29 is 5.11 Å². The van der Waals surface area contributed by atoms with Crippen LogP contribution in [0.2, 0.25) is 0 Å². The Hall–Kier alpha value is -0.160. The highest BCUT2D eigenvalue weighted by molar-refractivity contribution is 4.82. The molecule has 0 bridgehead atoms. The quantitative estimate of drug-likeness (QED) is 0.694. The van der Waals surface area contributed by atoms with Gasteiger partial charge in [-0.2, -0.15) is 0 Å². The molecule has 1 aliphatic heterocycles. The molecule has 0 aromatic heterocycles. The Kier molecular flexibility index (Phi) is 6.27. The van der Waals surface area contributed by atoms with Crippen LogP contribution in [0.1, 0.15) is 51.9 Å². The average Bonchev–Trinajstić information content (AvgIpc) is 2.98. The van der Waals surface area contributed by atoms with Crippen LogP contribution in [0, 0.1) is 0 Å². The van der Waals surface area contributed by atoms with Crippen molar-refractivity contribution in [1.29, 1.82) is 0 Å². The highest BCUT2D eigenvalue weighted by atomic mass is 16.3. The molecule has 1 atom stereocenters. The molecule has 2 rings (SSSR count). The van der Waals surface area contributed by atoms with Crippen molar-refractivity contribution in [3.8, 4) is 0 Å². The van der Waals surface area contributed by atoms with Gasteiger partial charge in [0, 0.05) is 37.8 Å². The predicted molar refractivity (Wildman–Crippen MR) is 83.8 cm³/mol. The monoisotopic (exact) mass is 283 g/mol. The Balaban J connectivity index is 1.55. The predicted octanol–water partition coefficient (Wildman–Crippen LogP) is 1.43. The van der Waals surface area contributed by atoms with E-state index in [1.54, 1.807) is 0 Å². The maximum absolute atomic E-state index is 9.13. The lowest BCUT2D eigenvalue weighted by molar-refractivity contribution is 0.0960. The molecule has 2 aliphatic rings. The highest BCUT2D eigenvalue weighted by Crippen LogP contribution is 2.24. The summed E-state index contributed by atoms with van der Waals surface area (Å²) in [7, 11) is 0. The molecule has 118 valence electrons. The van der Waals surface area contributed by atoms with Crippen molar-refractivity contribution in [3.05, 3.63) is 0 Å². The molecule has 0 spiro atoms. The van der Waals surface area contributed by atoms with Crippen LogP contribution in [0.15, 0.2) is 0 Å². The zero-order chi connectivity index (χ0) is 14.4. The van der Waals surface area contributed by atoms with Gasteiger partial charge in [-0.3, -0.25) is 4.90 Å². The molecule has 1 saturated heterocycles. The maximum Gasteiger partial charge on any atom is 0.0608 e. The second-order valence-electron chi connectivity index (χ2n) is 7.09. The Bertz CT molecular complexity index is 269. The van der Waals surface area contributed by atoms with E-state index in [2.05, 4.69) is 9.80 Å². The third-order valence-electron chi connectivity index (χ3n) is 5.08. The molecule has 1 heterocycles. The normalized spacial score (nSPS) is 25.9. The lowest BCUT2D eigenvalue weighted by Crippen LogP contribution is -2.49. The largest absolute Gasteiger partial charge is 0.394 e. The first-order valence-corrected chi connectivity index (χ1v) is 8.47. The third-order valence-corrected chi connectivity index (χ3v) is 5.08. The van der Waals surface area contributed by atoms with Crippen molar-refractivity contribution >= 4 is 0 Å². The van der Waals surface area contributed by atoms with Crippen LogP contribution < -0.4 is 5.73 Å². The lowest BCUT2D eigenvalue weighted by Gasteiger charge is -2.38. The number of piperazine rings is 1. The first-order chi connectivity index (χ1) is 9.61. The molecule has 2 fully saturated rings. The standard InChI is InChI=1S/C16H33N3O/c1-16(17,14-20)8-4-5-9-18-10-12-19(13-11-18)15-6-2-3-7-15/h15,20H,2-14,17H2,1H3. The molecule has 0 radical (unpaired) electrons. The van der Waals surface area contributed by atoms with Crippen LogP contribution in [0.25, 0.3) is 0 Å². The molecule has 1 aliphatic carbocycles. The smallest absolute Gasteiger partial charge is 0.0608 e. The number of unbranched alkanes of at least 4 members (excludes halogenated alkanes) is 1. The summed E-state index contributed by atoms with van der Waals surface area (Å²) in [5.74, 6) is 0. The minimum atomic E-state index is -0.388. The van der Waals surface area contributed by atoms with Gasteiger partial charge in [0.2, 0.25) is 0 Å². The van der Waals surface area contributed by atoms with Crippen LogP contribution >= 0.6 is 0 Å². The Labute approximate surface area is 124 Å². The fourth-order valence-electron chi connectivity index (χ4n) is 3.56. The van der Waals surface area contributed by atoms with Crippen molar-refractivity contribution in [2.75, 3.05) is 39.3 Å². The number of hydrogen-bond donors (Lipinski definition) is 2. The fourth-order valence-corrected chi connectivity index (χ4v) is 3.56. The fraction of sp³-hybridized carbons (Fsp3) is 1.00. The summed E-state index contributed by atoms with van der Waals surface area (Å²) in [5, 5.41) is 9.13. The van der Waals surface area contributed by atoms with Gasteiger partial charge in [-0.25, -0.2) is 0 Å². The van der Waals surface area contributed by atoms with Gasteiger partial charge in [0.05, 0.1) is 6.61 Å². The van der Waals surface area contributed by atoms with Crippen LogP contribution in [-0.4, -0.2) is 65.8 Å². The minimum absolute atomic E-state index is 0.0903. The van der Waals surface area contributed by atoms with Gasteiger partial charge in [0.15, 0.2) is 0 Å². The van der Waals surface area contributed by atoms with Gasteiger partial charge in [-0.15, -0.1) is 0 Å². The highest BCUT2D eigenvalue weighted by Gasteiger charge is 2.25. The van der Waals surface area contributed by atoms with E-state index in [4.69, 9.17) is 10.8 Å². The number of nitrogens with zero attached hydrogens (tertiary/aromatic N) is 2. The summed E-state index contributed by atoms with van der Waals surface area (Å²) in [5.41, 5.74) is 5.57. The maximum atomic E-state index is 9.13. The number of nitrogens with two attached hydrogens (primary N) is 1. The summed E-state index contributed by atoms with van der Waals surface area (Å²) in [4.78, 5) is 5.31. The van der Waals surface area contributed by atoms with Gasteiger partial charge in [0.1, 0.15) is 0 Å². The third kappa shape index (κ3) is 4.99. The Morgan fingerprint density at radius 2 is 1.75 bits per heavy atom. The molecular weight excluding hydrogens is 250 g/mol. The summed E-state index contributed by atoms with van der Waals surface area (Å²) in [6.45, 7) is 8.21. The second kappa shape index (κ2) is 7.74. The second-order valence-corrected chi connectivity index (χ2v) is 7.09. The Morgan fingerprint density at radius 1 is 1.10 bits per heavy atom.